The summed E-state index contributed by atoms with van der Waals surface area (Å²) in [5, 5.41) is 16.4. The summed E-state index contributed by atoms with van der Waals surface area (Å²) in [6.07, 6.45) is 2.14. The number of rotatable bonds is 4. The third-order valence-corrected chi connectivity index (χ3v) is 4.06. The van der Waals surface area contributed by atoms with Crippen LogP contribution in [0.4, 0.5) is 0 Å². The number of nitrogens with zero attached hydrogens (tertiary/aromatic N) is 3. The minimum atomic E-state index is -0.699. The van der Waals surface area contributed by atoms with Gasteiger partial charge in [-0.1, -0.05) is 19.1 Å². The molecule has 132 valence electrons. The van der Waals surface area contributed by atoms with E-state index >= 15 is 0 Å². The van der Waals surface area contributed by atoms with Crippen molar-refractivity contribution in [3.05, 3.63) is 56.2 Å². The average Bonchev–Trinajstić information content (AvgIpc) is 2.62. The molecule has 1 aliphatic rings. The van der Waals surface area contributed by atoms with E-state index in [2.05, 4.69) is 10.1 Å². The number of nitrogens with one attached hydrogen (secondary N) is 1. The van der Waals surface area contributed by atoms with Crippen LogP contribution in [0.3, 0.4) is 0 Å². The Balaban J connectivity index is 2.00. The maximum absolute atomic E-state index is 12.1. The highest BCUT2D eigenvalue weighted by atomic mass is 16.5. The van der Waals surface area contributed by atoms with Crippen LogP contribution in [0.5, 0.6) is 5.88 Å². The van der Waals surface area contributed by atoms with Crippen LogP contribution < -0.4 is 11.2 Å². The second-order valence-electron chi connectivity index (χ2n) is 5.66. The summed E-state index contributed by atoms with van der Waals surface area (Å²) in [7, 11) is 0. The highest BCUT2D eigenvalue weighted by Gasteiger charge is 2.15. The highest BCUT2D eigenvalue weighted by molar-refractivity contribution is 5.82. The number of ether oxygens (including phenoxy) is 1. The second-order valence-corrected chi connectivity index (χ2v) is 5.66. The van der Waals surface area contributed by atoms with Crippen molar-refractivity contribution in [2.24, 2.45) is 5.10 Å². The highest BCUT2D eigenvalue weighted by Crippen LogP contribution is 2.16. The molecule has 1 aromatic heterocycles. The number of hydrogen-bond donors (Lipinski definition) is 2. The fourth-order valence-electron chi connectivity index (χ4n) is 2.58. The number of aromatic amines is 1. The first-order valence-corrected chi connectivity index (χ1v) is 8.14. The molecule has 0 bridgehead atoms. The zero-order valence-corrected chi connectivity index (χ0v) is 13.9. The molecule has 2 aromatic rings. The van der Waals surface area contributed by atoms with Crippen molar-refractivity contribution < 1.29 is 9.84 Å². The molecule has 0 saturated carbocycles. The third-order valence-electron chi connectivity index (χ3n) is 4.06. The Morgan fingerprint density at radius 1 is 1.24 bits per heavy atom. The van der Waals surface area contributed by atoms with Gasteiger partial charge >= 0.3 is 5.69 Å². The third kappa shape index (κ3) is 3.63. The van der Waals surface area contributed by atoms with Gasteiger partial charge < -0.3 is 9.84 Å². The van der Waals surface area contributed by atoms with E-state index in [9.17, 15) is 14.7 Å². The molecule has 0 unspecified atom stereocenters. The first kappa shape index (κ1) is 17.0. The maximum atomic E-state index is 12.1. The van der Waals surface area contributed by atoms with Gasteiger partial charge in [0.1, 0.15) is 5.56 Å². The Kier molecular flexibility index (Phi) is 4.99. The molecule has 0 spiro atoms. The monoisotopic (exact) mass is 344 g/mol. The molecule has 1 aliphatic heterocycles. The topological polar surface area (TPSA) is 99.9 Å². The number of morpholine rings is 1. The van der Waals surface area contributed by atoms with E-state index < -0.39 is 17.1 Å². The van der Waals surface area contributed by atoms with E-state index in [1.165, 1.54) is 6.21 Å². The van der Waals surface area contributed by atoms with Crippen molar-refractivity contribution in [1.82, 2.24) is 14.6 Å². The number of aromatic nitrogens is 2. The van der Waals surface area contributed by atoms with E-state index in [1.807, 2.05) is 19.1 Å². The molecule has 1 aromatic carbocycles. The van der Waals surface area contributed by atoms with Gasteiger partial charge in [0, 0.05) is 0 Å². The Bertz CT molecular complexity index is 877. The summed E-state index contributed by atoms with van der Waals surface area (Å²) in [4.78, 5) is 26.4. The number of benzene rings is 1. The molecule has 0 atom stereocenters. The van der Waals surface area contributed by atoms with Crippen LogP contribution in [0.25, 0.3) is 5.69 Å². The van der Waals surface area contributed by atoms with Crippen LogP contribution in [0.2, 0.25) is 0 Å². The van der Waals surface area contributed by atoms with Crippen molar-refractivity contribution in [2.45, 2.75) is 13.3 Å². The Labute approximate surface area is 144 Å². The molecule has 8 heteroatoms. The molecule has 0 amide bonds. The molecule has 0 aliphatic carbocycles. The van der Waals surface area contributed by atoms with Gasteiger partial charge in [0.05, 0.1) is 38.2 Å². The molecule has 8 nitrogen and oxygen atoms in total. The van der Waals surface area contributed by atoms with Crippen LogP contribution >= 0.6 is 0 Å². The van der Waals surface area contributed by atoms with Gasteiger partial charge in [-0.2, -0.15) is 5.10 Å². The Morgan fingerprint density at radius 3 is 2.56 bits per heavy atom. The van der Waals surface area contributed by atoms with E-state index in [4.69, 9.17) is 4.74 Å². The quantitative estimate of drug-likeness (QED) is 0.785. The zero-order valence-electron chi connectivity index (χ0n) is 13.9. The van der Waals surface area contributed by atoms with Gasteiger partial charge in [-0.25, -0.2) is 9.36 Å². The van der Waals surface area contributed by atoms with Crippen LogP contribution in [-0.4, -0.2) is 52.2 Å². The largest absolute Gasteiger partial charge is 0.493 e. The number of hydrogen-bond acceptors (Lipinski definition) is 6. The maximum Gasteiger partial charge on any atom is 0.335 e. The summed E-state index contributed by atoms with van der Waals surface area (Å²) < 4.78 is 6.29. The van der Waals surface area contributed by atoms with Crippen LogP contribution in [0.15, 0.2) is 39.0 Å². The summed E-state index contributed by atoms with van der Waals surface area (Å²) in [5.74, 6) is -0.435. The number of aromatic hydroxyl groups is 1. The predicted octanol–water partition coefficient (Wildman–Crippen LogP) is 0.460. The van der Waals surface area contributed by atoms with Crippen LogP contribution in [-0.2, 0) is 11.2 Å². The zero-order chi connectivity index (χ0) is 17.8. The SMILES string of the molecule is CCc1ccc(-n2c(O)c(/C=N/N3CCOCC3)c(=O)[nH]c2=O)cc1. The first-order valence-electron chi connectivity index (χ1n) is 8.14. The van der Waals surface area contributed by atoms with Gasteiger partial charge in [0.25, 0.3) is 5.56 Å². The molecule has 0 radical (unpaired) electrons. The predicted molar refractivity (Wildman–Crippen MR) is 93.7 cm³/mol. The molecule has 3 rings (SSSR count). The van der Waals surface area contributed by atoms with Gasteiger partial charge in [-0.15, -0.1) is 0 Å². The van der Waals surface area contributed by atoms with Crippen LogP contribution in [0.1, 0.15) is 18.1 Å². The van der Waals surface area contributed by atoms with Gasteiger partial charge in [-0.3, -0.25) is 14.8 Å². The molecular formula is C17H20N4O4. The van der Waals surface area contributed by atoms with Crippen LogP contribution in [0, 0.1) is 0 Å². The molecule has 1 fully saturated rings. The Morgan fingerprint density at radius 2 is 1.92 bits per heavy atom. The first-order chi connectivity index (χ1) is 12.1. The summed E-state index contributed by atoms with van der Waals surface area (Å²) in [5.41, 5.74) is 0.133. The lowest BCUT2D eigenvalue weighted by Gasteiger charge is -2.23. The summed E-state index contributed by atoms with van der Waals surface area (Å²) >= 11 is 0. The minimum Gasteiger partial charge on any atom is -0.493 e. The van der Waals surface area contributed by atoms with Crippen molar-refractivity contribution in [2.75, 3.05) is 26.3 Å². The summed E-state index contributed by atoms with van der Waals surface area (Å²) in [6, 6.07) is 7.18. The van der Waals surface area contributed by atoms with Gasteiger partial charge in [-0.05, 0) is 24.1 Å². The lowest BCUT2D eigenvalue weighted by molar-refractivity contribution is 0.0396. The van der Waals surface area contributed by atoms with Crippen molar-refractivity contribution in [1.29, 1.82) is 0 Å². The van der Waals surface area contributed by atoms with Gasteiger partial charge in [0.2, 0.25) is 5.88 Å². The molecule has 2 N–H and O–H groups in total. The lowest BCUT2D eigenvalue weighted by Crippen LogP contribution is -2.34. The number of hydrazone groups is 1. The van der Waals surface area contributed by atoms with Gasteiger partial charge in [0.15, 0.2) is 0 Å². The lowest BCUT2D eigenvalue weighted by atomic mass is 10.1. The number of aryl methyl sites for hydroxylation is 1. The molecule has 2 heterocycles. The molecule has 1 saturated heterocycles. The Hall–Kier alpha value is -2.87. The van der Waals surface area contributed by atoms with Crippen molar-refractivity contribution in [3.8, 4) is 11.6 Å². The molecule has 25 heavy (non-hydrogen) atoms. The van der Waals surface area contributed by atoms with E-state index in [0.717, 1.165) is 16.6 Å². The molecular weight excluding hydrogens is 324 g/mol. The fourth-order valence-corrected chi connectivity index (χ4v) is 2.58. The summed E-state index contributed by atoms with van der Waals surface area (Å²) in [6.45, 7) is 4.35. The fraction of sp³-hybridized carbons (Fsp3) is 0.353. The van der Waals surface area contributed by atoms with E-state index in [1.54, 1.807) is 17.1 Å². The minimum absolute atomic E-state index is 0.0642. The average molecular weight is 344 g/mol. The standard InChI is InChI=1S/C17H20N4O4/c1-2-12-3-5-13(6-4-12)21-16(23)14(15(22)19-17(21)24)11-18-20-7-9-25-10-8-20/h3-6,11,23H,2,7-10H2,1H3,(H,19,22,24)/b18-11+. The van der Waals surface area contributed by atoms with E-state index in [-0.39, 0.29) is 5.56 Å². The van der Waals surface area contributed by atoms with E-state index in [0.29, 0.717) is 32.0 Å². The van der Waals surface area contributed by atoms with Crippen molar-refractivity contribution >= 4 is 6.21 Å². The normalized spacial score (nSPS) is 15.0. The number of H-pyrrole nitrogens is 1. The second kappa shape index (κ2) is 7.35. The smallest absolute Gasteiger partial charge is 0.335 e. The van der Waals surface area contributed by atoms with Crippen molar-refractivity contribution in [3.63, 3.8) is 0 Å².